The molecule has 0 unspecified atom stereocenters. The number of methoxy groups -OCH3 is 1. The highest BCUT2D eigenvalue weighted by molar-refractivity contribution is 7.92. The molecule has 1 aromatic carbocycles. The van der Waals surface area contributed by atoms with Gasteiger partial charge in [0.1, 0.15) is 18.4 Å². The van der Waals surface area contributed by atoms with Gasteiger partial charge in [-0.2, -0.15) is 0 Å². The Morgan fingerprint density at radius 3 is 2.51 bits per heavy atom. The molecule has 37 heavy (non-hydrogen) atoms. The molecular weight excluding hydrogens is 512 g/mol. The third kappa shape index (κ3) is 4.62. The number of sulfonamides is 1. The van der Waals surface area contributed by atoms with Crippen molar-refractivity contribution >= 4 is 38.7 Å². The maximum atomic E-state index is 11.8. The van der Waals surface area contributed by atoms with E-state index < -0.39 is 10.0 Å². The van der Waals surface area contributed by atoms with Crippen molar-refractivity contribution in [1.29, 1.82) is 0 Å². The number of benzene rings is 1. The Balaban J connectivity index is 1.66. The Morgan fingerprint density at radius 1 is 1.11 bits per heavy atom. The summed E-state index contributed by atoms with van der Waals surface area (Å²) in [6.45, 7) is 4.06. The summed E-state index contributed by atoms with van der Waals surface area (Å²) in [4.78, 5) is 6.63. The molecule has 3 aromatic heterocycles. The predicted molar refractivity (Wildman–Crippen MR) is 144 cm³/mol. The molecule has 1 aliphatic heterocycles. The summed E-state index contributed by atoms with van der Waals surface area (Å²) in [6.07, 6.45) is 6.15. The molecule has 0 bridgehead atoms. The van der Waals surface area contributed by atoms with Crippen molar-refractivity contribution in [2.24, 2.45) is 0 Å². The zero-order valence-electron chi connectivity index (χ0n) is 20.7. The van der Waals surface area contributed by atoms with Gasteiger partial charge in [0.05, 0.1) is 36.8 Å². The normalized spacial score (nSPS) is 17.6. The summed E-state index contributed by atoms with van der Waals surface area (Å²) >= 11 is 5.84. The van der Waals surface area contributed by atoms with Crippen LogP contribution in [0.25, 0.3) is 0 Å². The lowest BCUT2D eigenvalue weighted by Gasteiger charge is -2.28. The third-order valence-electron chi connectivity index (χ3n) is 6.25. The first kappa shape index (κ1) is 24.7. The standard InChI is InChI=1S/C24H26N8O3S2/c1-15-11-18(16(2)32(15)30-13-26-27-14-30)23-22(20-7-5-6-10-25-20)28-24(36)31(23)17-8-9-19(21(12-17)35-3)29-37(4,33)34/h5-14,22-23,29H,1-4H3,(H,28,36)/t22-,23+/m1/s1. The average Bonchev–Trinajstić information content (AvgIpc) is 3.57. The fourth-order valence-electron chi connectivity index (χ4n) is 4.79. The fourth-order valence-corrected chi connectivity index (χ4v) is 5.71. The predicted octanol–water partition coefficient (Wildman–Crippen LogP) is 2.96. The first-order valence-electron chi connectivity index (χ1n) is 11.4. The van der Waals surface area contributed by atoms with Crippen LogP contribution in [0.3, 0.4) is 0 Å². The minimum Gasteiger partial charge on any atom is -0.494 e. The third-order valence-corrected chi connectivity index (χ3v) is 7.15. The van der Waals surface area contributed by atoms with E-state index in [0.717, 1.165) is 34.6 Å². The maximum absolute atomic E-state index is 11.8. The number of thiocarbonyl (C=S) groups is 1. The van der Waals surface area contributed by atoms with Gasteiger partial charge in [0.25, 0.3) is 0 Å². The highest BCUT2D eigenvalue weighted by Crippen LogP contribution is 2.44. The van der Waals surface area contributed by atoms with Crippen LogP contribution in [0, 0.1) is 13.8 Å². The number of aryl methyl sites for hydroxylation is 1. The minimum atomic E-state index is -3.49. The lowest BCUT2D eigenvalue weighted by molar-refractivity contribution is 0.417. The van der Waals surface area contributed by atoms with Crippen LogP contribution in [-0.4, -0.2) is 51.4 Å². The van der Waals surface area contributed by atoms with E-state index in [1.807, 2.05) is 52.4 Å². The molecular formula is C24H26N8O3S2. The van der Waals surface area contributed by atoms with Gasteiger partial charge >= 0.3 is 0 Å². The summed E-state index contributed by atoms with van der Waals surface area (Å²) in [5.41, 5.74) is 4.94. The van der Waals surface area contributed by atoms with Crippen LogP contribution in [0.15, 0.2) is 61.3 Å². The molecule has 5 rings (SSSR count). The van der Waals surface area contributed by atoms with E-state index in [-0.39, 0.29) is 12.1 Å². The molecule has 2 N–H and O–H groups in total. The minimum absolute atomic E-state index is 0.247. The molecule has 0 amide bonds. The SMILES string of the molecule is COc1cc(N2C(=S)N[C@H](c3ccccn3)[C@@H]2c2cc(C)n(-n3cnnc3)c2C)ccc1NS(C)(=O)=O. The number of anilines is 2. The van der Waals surface area contributed by atoms with Crippen LogP contribution in [0.5, 0.6) is 5.75 Å². The largest absolute Gasteiger partial charge is 0.494 e. The molecule has 0 radical (unpaired) electrons. The van der Waals surface area contributed by atoms with E-state index >= 15 is 0 Å². The van der Waals surface area contributed by atoms with Crippen molar-refractivity contribution in [2.75, 3.05) is 23.0 Å². The molecule has 0 saturated carbocycles. The average molecular weight is 539 g/mol. The van der Waals surface area contributed by atoms with E-state index in [4.69, 9.17) is 17.0 Å². The Bertz CT molecular complexity index is 1550. The number of pyridine rings is 1. The lowest BCUT2D eigenvalue weighted by Crippen LogP contribution is -2.29. The van der Waals surface area contributed by atoms with Crippen LogP contribution in [0.4, 0.5) is 11.4 Å². The van der Waals surface area contributed by atoms with E-state index in [1.54, 1.807) is 31.0 Å². The highest BCUT2D eigenvalue weighted by Gasteiger charge is 2.42. The smallest absolute Gasteiger partial charge is 0.229 e. The van der Waals surface area contributed by atoms with Gasteiger partial charge in [-0.3, -0.25) is 14.4 Å². The van der Waals surface area contributed by atoms with Gasteiger partial charge in [0.15, 0.2) is 5.11 Å². The summed E-state index contributed by atoms with van der Waals surface area (Å²) in [7, 11) is -1.99. The van der Waals surface area contributed by atoms with Crippen molar-refractivity contribution in [1.82, 2.24) is 29.9 Å². The van der Waals surface area contributed by atoms with Crippen LogP contribution < -0.4 is 19.7 Å². The van der Waals surface area contributed by atoms with Crippen molar-refractivity contribution in [2.45, 2.75) is 25.9 Å². The van der Waals surface area contributed by atoms with Crippen molar-refractivity contribution in [3.05, 3.63) is 84.0 Å². The van der Waals surface area contributed by atoms with Crippen molar-refractivity contribution in [3.8, 4) is 5.75 Å². The quantitative estimate of drug-likeness (QED) is 0.342. The van der Waals surface area contributed by atoms with Gasteiger partial charge in [0.2, 0.25) is 10.0 Å². The number of nitrogens with one attached hydrogen (secondary N) is 2. The molecule has 2 atom stereocenters. The number of nitrogens with zero attached hydrogens (tertiary/aromatic N) is 6. The molecule has 1 saturated heterocycles. The van der Waals surface area contributed by atoms with Gasteiger partial charge in [-0.1, -0.05) is 6.07 Å². The van der Waals surface area contributed by atoms with Gasteiger partial charge in [0, 0.05) is 34.9 Å². The van der Waals surface area contributed by atoms with Crippen molar-refractivity contribution in [3.63, 3.8) is 0 Å². The Kier molecular flexibility index (Phi) is 6.33. The van der Waals surface area contributed by atoms with E-state index in [9.17, 15) is 8.42 Å². The molecule has 1 fully saturated rings. The highest BCUT2D eigenvalue weighted by atomic mass is 32.2. The van der Waals surface area contributed by atoms with Gasteiger partial charge in [-0.25, -0.2) is 13.1 Å². The fraction of sp³-hybridized carbons (Fsp3) is 0.250. The summed E-state index contributed by atoms with van der Waals surface area (Å²) in [5.74, 6) is 0.376. The van der Waals surface area contributed by atoms with E-state index in [1.165, 1.54) is 7.11 Å². The van der Waals surface area contributed by atoms with Crippen LogP contribution in [0.2, 0.25) is 0 Å². The second-order valence-electron chi connectivity index (χ2n) is 8.74. The number of rotatable bonds is 7. The first-order chi connectivity index (χ1) is 17.7. The second-order valence-corrected chi connectivity index (χ2v) is 10.9. The summed E-state index contributed by atoms with van der Waals surface area (Å²) in [6, 6.07) is 12.7. The number of hydrogen-bond donors (Lipinski definition) is 2. The van der Waals surface area contributed by atoms with Gasteiger partial charge in [-0.15, -0.1) is 10.2 Å². The monoisotopic (exact) mass is 538 g/mol. The molecule has 4 aromatic rings. The molecule has 192 valence electrons. The van der Waals surface area contributed by atoms with Crippen LogP contribution in [0.1, 0.15) is 34.7 Å². The zero-order chi connectivity index (χ0) is 26.3. The van der Waals surface area contributed by atoms with Crippen molar-refractivity contribution < 1.29 is 13.2 Å². The van der Waals surface area contributed by atoms with Crippen LogP contribution in [-0.2, 0) is 10.0 Å². The summed E-state index contributed by atoms with van der Waals surface area (Å²) < 4.78 is 35.6. The van der Waals surface area contributed by atoms with Gasteiger partial charge < -0.3 is 15.0 Å². The molecule has 1 aliphatic rings. The second kappa shape index (κ2) is 9.48. The molecule has 0 aliphatic carbocycles. The van der Waals surface area contributed by atoms with Gasteiger partial charge in [-0.05, 0) is 56.4 Å². The number of hydrogen-bond acceptors (Lipinski definition) is 7. The topological polar surface area (TPSA) is 119 Å². The Morgan fingerprint density at radius 2 is 1.86 bits per heavy atom. The molecule has 0 spiro atoms. The lowest BCUT2D eigenvalue weighted by atomic mass is 9.96. The van der Waals surface area contributed by atoms with Crippen LogP contribution >= 0.6 is 12.2 Å². The Hall–Kier alpha value is -3.97. The zero-order valence-corrected chi connectivity index (χ0v) is 22.3. The number of ether oxygens (including phenoxy) is 1. The molecule has 11 nitrogen and oxygen atoms in total. The van der Waals surface area contributed by atoms with E-state index in [0.29, 0.717) is 16.5 Å². The number of aromatic nitrogens is 5. The molecule has 4 heterocycles. The van der Waals surface area contributed by atoms with E-state index in [2.05, 4.69) is 31.3 Å². The summed E-state index contributed by atoms with van der Waals surface area (Å²) in [5, 5.41) is 11.9. The first-order valence-corrected chi connectivity index (χ1v) is 13.7. The molecule has 13 heteroatoms. The Labute approximate surface area is 220 Å². The maximum Gasteiger partial charge on any atom is 0.229 e.